The maximum absolute atomic E-state index is 14.1. The Morgan fingerprint density at radius 3 is 2.71 bits per heavy atom. The van der Waals surface area contributed by atoms with Crippen LogP contribution in [-0.4, -0.2) is 48.5 Å². The van der Waals surface area contributed by atoms with Gasteiger partial charge in [-0.15, -0.1) is 0 Å². The van der Waals surface area contributed by atoms with E-state index in [1.165, 1.54) is 37.7 Å². The first-order valence-corrected chi connectivity index (χ1v) is 9.53. The Hall–Kier alpha value is -3.30. The predicted molar refractivity (Wildman–Crippen MR) is 117 cm³/mol. The average molecular weight is 448 g/mol. The average Bonchev–Trinajstić information content (AvgIpc) is 2.74. The minimum Gasteiger partial charge on any atom is -0.494 e. The fraction of sp³-hybridized carbons (Fsp3) is 0.190. The minimum absolute atomic E-state index is 0.0435. The monoisotopic (exact) mass is 447 g/mol. The van der Waals surface area contributed by atoms with E-state index in [0.717, 1.165) is 0 Å². The highest BCUT2D eigenvalue weighted by atomic mass is 35.5. The van der Waals surface area contributed by atoms with Crippen LogP contribution < -0.4 is 15.4 Å². The molecule has 0 bridgehead atoms. The molecule has 2 N–H and O–H groups in total. The highest BCUT2D eigenvalue weighted by Gasteiger charge is 2.16. The standard InChI is InChI=1S/C21H20ClF2N5O2/c1-29(2)7-6-16(24)21(30)28-18-9-13-17(10-19(18)31-3)25-11-26-20(13)27-12-4-5-15(23)14(22)8-12/h4-6,8-11H,7H2,1-3H3,(H,28,30)(H,25,26,27). The van der Waals surface area contributed by atoms with Gasteiger partial charge in [-0.05, 0) is 44.4 Å². The van der Waals surface area contributed by atoms with Gasteiger partial charge in [0.2, 0.25) is 0 Å². The Morgan fingerprint density at radius 2 is 2.03 bits per heavy atom. The van der Waals surface area contributed by atoms with E-state index in [1.54, 1.807) is 31.1 Å². The molecule has 0 atom stereocenters. The number of rotatable bonds is 7. The second-order valence-electron chi connectivity index (χ2n) is 6.81. The number of likely N-dealkylation sites (N-methyl/N-ethyl adjacent to an activating group) is 1. The number of hydrogen-bond donors (Lipinski definition) is 2. The number of benzene rings is 2. The molecule has 10 heteroatoms. The van der Waals surface area contributed by atoms with Crippen LogP contribution in [0, 0.1) is 5.82 Å². The van der Waals surface area contributed by atoms with Gasteiger partial charge in [0, 0.05) is 23.7 Å². The Morgan fingerprint density at radius 1 is 1.26 bits per heavy atom. The SMILES string of the molecule is COc1cc2ncnc(Nc3ccc(F)c(Cl)c3)c2cc1NC(=O)C(F)=CCN(C)C. The van der Waals surface area contributed by atoms with Gasteiger partial charge in [-0.1, -0.05) is 11.6 Å². The van der Waals surface area contributed by atoms with Gasteiger partial charge in [0.05, 0.1) is 23.3 Å². The molecule has 0 spiro atoms. The van der Waals surface area contributed by atoms with Gasteiger partial charge in [0.25, 0.3) is 5.91 Å². The van der Waals surface area contributed by atoms with Gasteiger partial charge in [0.1, 0.15) is 23.7 Å². The largest absolute Gasteiger partial charge is 0.494 e. The van der Waals surface area contributed by atoms with Gasteiger partial charge in [-0.25, -0.2) is 18.7 Å². The van der Waals surface area contributed by atoms with Crippen LogP contribution in [0.15, 0.2) is 48.6 Å². The topological polar surface area (TPSA) is 79.4 Å². The van der Waals surface area contributed by atoms with Gasteiger partial charge in [0.15, 0.2) is 5.83 Å². The molecule has 0 saturated carbocycles. The van der Waals surface area contributed by atoms with Gasteiger partial charge < -0.3 is 20.3 Å². The van der Waals surface area contributed by atoms with E-state index < -0.39 is 17.6 Å². The number of fused-ring (bicyclic) bond motifs is 1. The highest BCUT2D eigenvalue weighted by molar-refractivity contribution is 6.31. The van der Waals surface area contributed by atoms with Crippen molar-refractivity contribution in [2.24, 2.45) is 0 Å². The molecular formula is C21H20ClF2N5O2. The van der Waals surface area contributed by atoms with Crippen LogP contribution >= 0.6 is 11.6 Å². The van der Waals surface area contributed by atoms with E-state index in [9.17, 15) is 13.6 Å². The second kappa shape index (κ2) is 9.67. The molecule has 1 aromatic heterocycles. The summed E-state index contributed by atoms with van der Waals surface area (Å²) < 4.78 is 32.9. The Balaban J connectivity index is 1.97. The summed E-state index contributed by atoms with van der Waals surface area (Å²) in [6.45, 7) is 0.274. The number of ether oxygens (including phenoxy) is 1. The molecule has 0 fully saturated rings. The van der Waals surface area contributed by atoms with E-state index in [0.29, 0.717) is 28.2 Å². The predicted octanol–water partition coefficient (Wildman–Crippen LogP) is 4.53. The lowest BCUT2D eigenvalue weighted by Gasteiger charge is -2.14. The third kappa shape index (κ3) is 5.44. The van der Waals surface area contributed by atoms with Crippen LogP contribution in [0.5, 0.6) is 5.75 Å². The quantitative estimate of drug-likeness (QED) is 0.518. The first kappa shape index (κ1) is 22.4. The first-order valence-electron chi connectivity index (χ1n) is 9.15. The lowest BCUT2D eigenvalue weighted by atomic mass is 10.1. The van der Waals surface area contributed by atoms with Crippen LogP contribution in [0.1, 0.15) is 0 Å². The zero-order valence-corrected chi connectivity index (χ0v) is 17.8. The van der Waals surface area contributed by atoms with Crippen LogP contribution in [-0.2, 0) is 4.79 Å². The van der Waals surface area contributed by atoms with Crippen molar-refractivity contribution in [2.75, 3.05) is 38.4 Å². The molecule has 1 amide bonds. The van der Waals surface area contributed by atoms with Crippen LogP contribution in [0.4, 0.5) is 26.0 Å². The Kier molecular flexibility index (Phi) is 6.98. The van der Waals surface area contributed by atoms with E-state index in [1.807, 2.05) is 0 Å². The number of methoxy groups -OCH3 is 1. The van der Waals surface area contributed by atoms with Crippen molar-refractivity contribution in [3.63, 3.8) is 0 Å². The summed E-state index contributed by atoms with van der Waals surface area (Å²) in [7, 11) is 4.95. The number of nitrogens with one attached hydrogen (secondary N) is 2. The molecule has 7 nitrogen and oxygen atoms in total. The lowest BCUT2D eigenvalue weighted by molar-refractivity contribution is -0.114. The molecule has 2 aromatic carbocycles. The zero-order valence-electron chi connectivity index (χ0n) is 17.0. The maximum atomic E-state index is 14.1. The van der Waals surface area contributed by atoms with E-state index >= 15 is 0 Å². The number of nitrogens with zero attached hydrogens (tertiary/aromatic N) is 3. The lowest BCUT2D eigenvalue weighted by Crippen LogP contribution is -2.16. The zero-order chi connectivity index (χ0) is 22.5. The fourth-order valence-electron chi connectivity index (χ4n) is 2.70. The number of hydrogen-bond acceptors (Lipinski definition) is 6. The first-order chi connectivity index (χ1) is 14.8. The Bertz CT molecular complexity index is 1150. The van der Waals surface area contributed by atoms with Crippen LogP contribution in [0.2, 0.25) is 5.02 Å². The molecular weight excluding hydrogens is 428 g/mol. The summed E-state index contributed by atoms with van der Waals surface area (Å²) in [4.78, 5) is 22.4. The summed E-state index contributed by atoms with van der Waals surface area (Å²) in [5.74, 6) is -1.68. The van der Waals surface area contributed by atoms with Crippen molar-refractivity contribution in [1.29, 1.82) is 0 Å². The normalized spacial score (nSPS) is 11.6. The van der Waals surface area contributed by atoms with Crippen molar-refractivity contribution in [2.45, 2.75) is 0 Å². The molecule has 0 aliphatic heterocycles. The maximum Gasteiger partial charge on any atom is 0.284 e. The van der Waals surface area contributed by atoms with Gasteiger partial charge in [-0.3, -0.25) is 4.79 Å². The van der Waals surface area contributed by atoms with Crippen LogP contribution in [0.3, 0.4) is 0 Å². The molecule has 1 heterocycles. The number of aromatic nitrogens is 2. The molecule has 0 radical (unpaired) electrons. The number of carbonyl (C=O) groups excluding carboxylic acids is 1. The molecule has 31 heavy (non-hydrogen) atoms. The van der Waals surface area contributed by atoms with Crippen molar-refractivity contribution < 1.29 is 18.3 Å². The van der Waals surface area contributed by atoms with Gasteiger partial charge in [-0.2, -0.15) is 0 Å². The van der Waals surface area contributed by atoms with Crippen molar-refractivity contribution in [3.8, 4) is 5.75 Å². The summed E-state index contributed by atoms with van der Waals surface area (Å²) in [6, 6.07) is 7.31. The minimum atomic E-state index is -0.917. The molecule has 3 rings (SSSR count). The van der Waals surface area contributed by atoms with Crippen molar-refractivity contribution >= 4 is 45.6 Å². The van der Waals surface area contributed by atoms with E-state index in [2.05, 4.69) is 20.6 Å². The number of anilines is 3. The Labute approximate surface area is 182 Å². The summed E-state index contributed by atoms with van der Waals surface area (Å²) in [5, 5.41) is 6.03. The molecule has 0 saturated heterocycles. The third-order valence-corrected chi connectivity index (χ3v) is 4.53. The number of carbonyl (C=O) groups is 1. The highest BCUT2D eigenvalue weighted by Crippen LogP contribution is 2.33. The number of amides is 1. The molecule has 0 aliphatic carbocycles. The molecule has 0 aliphatic rings. The fourth-order valence-corrected chi connectivity index (χ4v) is 2.88. The van der Waals surface area contributed by atoms with E-state index in [4.69, 9.17) is 16.3 Å². The number of halogens is 3. The summed E-state index contributed by atoms with van der Waals surface area (Å²) >= 11 is 5.84. The van der Waals surface area contributed by atoms with E-state index in [-0.39, 0.29) is 17.3 Å². The van der Waals surface area contributed by atoms with Gasteiger partial charge >= 0.3 is 0 Å². The molecule has 3 aromatic rings. The van der Waals surface area contributed by atoms with Crippen molar-refractivity contribution in [3.05, 3.63) is 59.4 Å². The second-order valence-corrected chi connectivity index (χ2v) is 7.22. The molecule has 162 valence electrons. The summed E-state index contributed by atoms with van der Waals surface area (Å²) in [5.41, 5.74) is 1.26. The summed E-state index contributed by atoms with van der Waals surface area (Å²) in [6.07, 6.45) is 2.52. The third-order valence-electron chi connectivity index (χ3n) is 4.24. The smallest absolute Gasteiger partial charge is 0.284 e. The van der Waals surface area contributed by atoms with Crippen LogP contribution in [0.25, 0.3) is 10.9 Å². The molecule has 0 unspecified atom stereocenters. The van der Waals surface area contributed by atoms with Crippen molar-refractivity contribution in [1.82, 2.24) is 14.9 Å².